The molecule has 120 valence electrons. The minimum atomic E-state index is -1.12. The van der Waals surface area contributed by atoms with Gasteiger partial charge < -0.3 is 15.7 Å². The fourth-order valence-corrected chi connectivity index (χ4v) is 2.44. The number of halogens is 2. The SMILES string of the molecule is O=C(CNC(=O)c1ccc(F)c(F)c1)NC1CCCCC1O. The van der Waals surface area contributed by atoms with Crippen LogP contribution in [0.2, 0.25) is 0 Å². The van der Waals surface area contributed by atoms with Crippen molar-refractivity contribution in [3.63, 3.8) is 0 Å². The van der Waals surface area contributed by atoms with Gasteiger partial charge in [0.2, 0.25) is 5.91 Å². The molecule has 1 aliphatic carbocycles. The Balaban J connectivity index is 1.82. The maximum Gasteiger partial charge on any atom is 0.251 e. The van der Waals surface area contributed by atoms with E-state index in [0.29, 0.717) is 12.8 Å². The molecule has 5 nitrogen and oxygen atoms in total. The fourth-order valence-electron chi connectivity index (χ4n) is 2.44. The highest BCUT2D eigenvalue weighted by Crippen LogP contribution is 2.18. The number of nitrogens with one attached hydrogen (secondary N) is 2. The molecule has 22 heavy (non-hydrogen) atoms. The highest BCUT2D eigenvalue weighted by molar-refractivity contribution is 5.96. The summed E-state index contributed by atoms with van der Waals surface area (Å²) in [4.78, 5) is 23.5. The molecule has 2 atom stereocenters. The van der Waals surface area contributed by atoms with Crippen molar-refractivity contribution in [1.82, 2.24) is 10.6 Å². The van der Waals surface area contributed by atoms with Gasteiger partial charge in [-0.1, -0.05) is 12.8 Å². The molecule has 0 aliphatic heterocycles. The van der Waals surface area contributed by atoms with E-state index < -0.39 is 29.6 Å². The van der Waals surface area contributed by atoms with Gasteiger partial charge in [0.1, 0.15) is 0 Å². The zero-order valence-corrected chi connectivity index (χ0v) is 11.9. The summed E-state index contributed by atoms with van der Waals surface area (Å²) < 4.78 is 25.8. The van der Waals surface area contributed by atoms with Crippen LogP contribution in [0, 0.1) is 11.6 Å². The lowest BCUT2D eigenvalue weighted by Crippen LogP contribution is -2.48. The molecule has 1 aromatic rings. The highest BCUT2D eigenvalue weighted by atomic mass is 19.2. The maximum atomic E-state index is 13.0. The normalized spacial score (nSPS) is 21.2. The Hall–Kier alpha value is -2.02. The van der Waals surface area contributed by atoms with Crippen LogP contribution in [0.25, 0.3) is 0 Å². The Morgan fingerprint density at radius 3 is 2.59 bits per heavy atom. The number of carbonyl (C=O) groups is 2. The summed E-state index contributed by atoms with van der Waals surface area (Å²) in [6, 6.07) is 2.45. The van der Waals surface area contributed by atoms with Gasteiger partial charge in [-0.15, -0.1) is 0 Å². The lowest BCUT2D eigenvalue weighted by molar-refractivity contribution is -0.122. The number of hydrogen-bond donors (Lipinski definition) is 3. The Labute approximate surface area is 126 Å². The molecular weight excluding hydrogens is 294 g/mol. The highest BCUT2D eigenvalue weighted by Gasteiger charge is 2.24. The van der Waals surface area contributed by atoms with Gasteiger partial charge in [-0.25, -0.2) is 8.78 Å². The molecule has 3 N–H and O–H groups in total. The summed E-state index contributed by atoms with van der Waals surface area (Å²) in [6.07, 6.45) is 2.64. The lowest BCUT2D eigenvalue weighted by atomic mass is 9.92. The van der Waals surface area contributed by atoms with E-state index in [1.54, 1.807) is 0 Å². The first-order chi connectivity index (χ1) is 10.5. The molecule has 1 aromatic carbocycles. The molecule has 1 saturated carbocycles. The van der Waals surface area contributed by atoms with E-state index >= 15 is 0 Å². The molecule has 0 aromatic heterocycles. The topological polar surface area (TPSA) is 78.4 Å². The van der Waals surface area contributed by atoms with Crippen molar-refractivity contribution in [2.75, 3.05) is 6.54 Å². The van der Waals surface area contributed by atoms with Crippen molar-refractivity contribution in [1.29, 1.82) is 0 Å². The van der Waals surface area contributed by atoms with E-state index in [4.69, 9.17) is 0 Å². The third kappa shape index (κ3) is 4.24. The van der Waals surface area contributed by atoms with Gasteiger partial charge in [0.05, 0.1) is 18.7 Å². The number of hydrogen-bond acceptors (Lipinski definition) is 3. The Morgan fingerprint density at radius 2 is 1.91 bits per heavy atom. The van der Waals surface area contributed by atoms with Crippen molar-refractivity contribution >= 4 is 11.8 Å². The van der Waals surface area contributed by atoms with Gasteiger partial charge in [0.15, 0.2) is 11.6 Å². The summed E-state index contributed by atoms with van der Waals surface area (Å²) in [7, 11) is 0. The van der Waals surface area contributed by atoms with Crippen LogP contribution in [0.5, 0.6) is 0 Å². The van der Waals surface area contributed by atoms with Crippen molar-refractivity contribution in [2.24, 2.45) is 0 Å². The number of rotatable bonds is 4. The van der Waals surface area contributed by atoms with Gasteiger partial charge in [0.25, 0.3) is 5.91 Å². The second-order valence-electron chi connectivity index (χ2n) is 5.34. The van der Waals surface area contributed by atoms with Gasteiger partial charge in [-0.05, 0) is 31.0 Å². The largest absolute Gasteiger partial charge is 0.391 e. The quantitative estimate of drug-likeness (QED) is 0.779. The van der Waals surface area contributed by atoms with Crippen molar-refractivity contribution in [2.45, 2.75) is 37.8 Å². The van der Waals surface area contributed by atoms with Crippen LogP contribution in [0.4, 0.5) is 8.78 Å². The van der Waals surface area contributed by atoms with Gasteiger partial charge >= 0.3 is 0 Å². The van der Waals surface area contributed by atoms with Crippen LogP contribution in [-0.4, -0.2) is 35.6 Å². The number of amides is 2. The Morgan fingerprint density at radius 1 is 1.18 bits per heavy atom. The zero-order chi connectivity index (χ0) is 16.1. The van der Waals surface area contributed by atoms with Crippen LogP contribution < -0.4 is 10.6 Å². The summed E-state index contributed by atoms with van der Waals surface area (Å²) in [5, 5.41) is 14.7. The zero-order valence-electron chi connectivity index (χ0n) is 11.9. The summed E-state index contributed by atoms with van der Waals surface area (Å²) in [5.41, 5.74) is -0.0654. The minimum absolute atomic E-state index is 0.0654. The monoisotopic (exact) mass is 312 g/mol. The smallest absolute Gasteiger partial charge is 0.251 e. The molecule has 2 amide bonds. The minimum Gasteiger partial charge on any atom is -0.391 e. The third-order valence-electron chi connectivity index (χ3n) is 3.67. The average Bonchev–Trinajstić information content (AvgIpc) is 2.50. The van der Waals surface area contributed by atoms with E-state index in [1.807, 2.05) is 0 Å². The molecule has 7 heteroatoms. The molecule has 0 radical (unpaired) electrons. The standard InChI is InChI=1S/C15H18F2N2O3/c16-10-6-5-9(7-11(10)17)15(22)18-8-14(21)19-12-3-1-2-4-13(12)20/h5-7,12-13,20H,1-4,8H2,(H,18,22)(H,19,21). The molecule has 0 heterocycles. The average molecular weight is 312 g/mol. The molecule has 1 aliphatic rings. The predicted octanol–water partition coefficient (Wildman–Crippen LogP) is 1.11. The predicted molar refractivity (Wildman–Crippen MR) is 75.1 cm³/mol. The maximum absolute atomic E-state index is 13.0. The lowest BCUT2D eigenvalue weighted by Gasteiger charge is -2.28. The van der Waals surface area contributed by atoms with Crippen LogP contribution >= 0.6 is 0 Å². The molecule has 2 unspecified atom stereocenters. The number of benzene rings is 1. The van der Waals surface area contributed by atoms with Crippen LogP contribution in [-0.2, 0) is 4.79 Å². The first kappa shape index (κ1) is 16.4. The van der Waals surface area contributed by atoms with Crippen LogP contribution in [0.15, 0.2) is 18.2 Å². The summed E-state index contributed by atoms with van der Waals surface area (Å²) >= 11 is 0. The van der Waals surface area contributed by atoms with E-state index in [-0.39, 0.29) is 18.2 Å². The first-order valence-electron chi connectivity index (χ1n) is 7.18. The second-order valence-corrected chi connectivity index (χ2v) is 5.34. The van der Waals surface area contributed by atoms with Gasteiger partial charge in [-0.3, -0.25) is 9.59 Å². The van der Waals surface area contributed by atoms with Gasteiger partial charge in [-0.2, -0.15) is 0 Å². The third-order valence-corrected chi connectivity index (χ3v) is 3.67. The number of carbonyl (C=O) groups excluding carboxylic acids is 2. The summed E-state index contributed by atoms with van der Waals surface area (Å²) in [5.74, 6) is -3.26. The van der Waals surface area contributed by atoms with Crippen LogP contribution in [0.1, 0.15) is 36.0 Å². The van der Waals surface area contributed by atoms with E-state index in [0.717, 1.165) is 31.0 Å². The second kappa shape index (κ2) is 7.31. The molecule has 0 spiro atoms. The first-order valence-corrected chi connectivity index (χ1v) is 7.18. The fraction of sp³-hybridized carbons (Fsp3) is 0.467. The molecule has 1 fully saturated rings. The van der Waals surface area contributed by atoms with E-state index in [2.05, 4.69) is 10.6 Å². The van der Waals surface area contributed by atoms with Crippen molar-refractivity contribution < 1.29 is 23.5 Å². The molecule has 0 bridgehead atoms. The molecular formula is C15H18F2N2O3. The summed E-state index contributed by atoms with van der Waals surface area (Å²) in [6.45, 7) is -0.291. The molecule has 0 saturated heterocycles. The van der Waals surface area contributed by atoms with Crippen molar-refractivity contribution in [3.05, 3.63) is 35.4 Å². The van der Waals surface area contributed by atoms with E-state index in [9.17, 15) is 23.5 Å². The number of aliphatic hydroxyl groups is 1. The molecule has 2 rings (SSSR count). The van der Waals surface area contributed by atoms with Gasteiger partial charge in [0, 0.05) is 5.56 Å². The number of aliphatic hydroxyl groups excluding tert-OH is 1. The Bertz CT molecular complexity index is 566. The van der Waals surface area contributed by atoms with Crippen molar-refractivity contribution in [3.8, 4) is 0 Å². The van der Waals surface area contributed by atoms with Crippen LogP contribution in [0.3, 0.4) is 0 Å². The Kier molecular flexibility index (Phi) is 5.43. The van der Waals surface area contributed by atoms with E-state index in [1.165, 1.54) is 0 Å².